The summed E-state index contributed by atoms with van der Waals surface area (Å²) >= 11 is 1.37. The van der Waals surface area contributed by atoms with Gasteiger partial charge in [-0.3, -0.25) is 4.79 Å². The summed E-state index contributed by atoms with van der Waals surface area (Å²) < 4.78 is 25.8. The van der Waals surface area contributed by atoms with Crippen molar-refractivity contribution in [3.63, 3.8) is 0 Å². The molecule has 1 aromatic heterocycles. The van der Waals surface area contributed by atoms with E-state index in [0.717, 1.165) is 0 Å². The molecule has 0 spiro atoms. The Morgan fingerprint density at radius 3 is 2.45 bits per heavy atom. The van der Waals surface area contributed by atoms with E-state index in [4.69, 9.17) is 5.73 Å². The van der Waals surface area contributed by atoms with E-state index in [1.54, 1.807) is 19.9 Å². The van der Waals surface area contributed by atoms with Gasteiger partial charge in [-0.2, -0.15) is 4.31 Å². The average molecular weight is 317 g/mol. The van der Waals surface area contributed by atoms with E-state index in [0.29, 0.717) is 23.9 Å². The number of aromatic nitrogens is 1. The first-order chi connectivity index (χ1) is 9.41. The van der Waals surface area contributed by atoms with Crippen LogP contribution in [0, 0.1) is 0 Å². The van der Waals surface area contributed by atoms with Crippen molar-refractivity contribution in [2.24, 2.45) is 5.73 Å². The highest BCUT2D eigenvalue weighted by molar-refractivity contribution is 7.99. The second kappa shape index (κ2) is 7.61. The van der Waals surface area contributed by atoms with Crippen LogP contribution in [0.1, 0.15) is 20.3 Å². The van der Waals surface area contributed by atoms with Crippen LogP contribution in [0.15, 0.2) is 28.3 Å². The first-order valence-electron chi connectivity index (χ1n) is 6.29. The van der Waals surface area contributed by atoms with E-state index in [-0.39, 0.29) is 17.2 Å². The van der Waals surface area contributed by atoms with Gasteiger partial charge in [-0.1, -0.05) is 13.8 Å². The van der Waals surface area contributed by atoms with Gasteiger partial charge < -0.3 is 5.73 Å². The Kier molecular flexibility index (Phi) is 6.44. The third-order valence-electron chi connectivity index (χ3n) is 2.65. The van der Waals surface area contributed by atoms with Crippen molar-refractivity contribution in [1.29, 1.82) is 0 Å². The van der Waals surface area contributed by atoms with Crippen molar-refractivity contribution in [3.05, 3.63) is 18.3 Å². The number of thioether (sulfide) groups is 1. The fourth-order valence-electron chi connectivity index (χ4n) is 1.57. The number of pyridine rings is 1. The molecule has 1 amide bonds. The van der Waals surface area contributed by atoms with Gasteiger partial charge in [0.25, 0.3) is 0 Å². The number of primary amides is 1. The highest BCUT2D eigenvalue weighted by Crippen LogP contribution is 2.20. The highest BCUT2D eigenvalue weighted by atomic mass is 32.2. The minimum absolute atomic E-state index is 0.181. The zero-order chi connectivity index (χ0) is 15.2. The number of nitrogens with zero attached hydrogens (tertiary/aromatic N) is 2. The van der Waals surface area contributed by atoms with Gasteiger partial charge >= 0.3 is 0 Å². The Bertz CT molecular complexity index is 540. The normalized spacial score (nSPS) is 11.8. The van der Waals surface area contributed by atoms with Crippen molar-refractivity contribution < 1.29 is 13.2 Å². The Morgan fingerprint density at radius 2 is 2.00 bits per heavy atom. The maximum absolute atomic E-state index is 12.2. The Hall–Kier alpha value is -1.12. The van der Waals surface area contributed by atoms with E-state index < -0.39 is 10.0 Å². The molecule has 0 aliphatic rings. The summed E-state index contributed by atoms with van der Waals surface area (Å²) in [5.41, 5.74) is 5.04. The van der Waals surface area contributed by atoms with Gasteiger partial charge in [-0.05, 0) is 12.1 Å². The molecule has 0 aliphatic carbocycles. The predicted molar refractivity (Wildman–Crippen MR) is 78.9 cm³/mol. The predicted octanol–water partition coefficient (Wildman–Crippen LogP) is 1.08. The lowest BCUT2D eigenvalue weighted by Gasteiger charge is -2.18. The van der Waals surface area contributed by atoms with E-state index in [1.165, 1.54) is 28.3 Å². The summed E-state index contributed by atoms with van der Waals surface area (Å²) in [6.45, 7) is 4.44. The quantitative estimate of drug-likeness (QED) is 0.724. The third-order valence-corrected chi connectivity index (χ3v) is 5.63. The number of sulfonamides is 1. The SMILES string of the molecule is CCN(CC)S(=O)(=O)c1ccc(SCCC(N)=O)nc1. The van der Waals surface area contributed by atoms with Crippen molar-refractivity contribution in [2.75, 3.05) is 18.8 Å². The average Bonchev–Trinajstić information content (AvgIpc) is 2.40. The molecule has 0 radical (unpaired) electrons. The maximum atomic E-state index is 12.2. The van der Waals surface area contributed by atoms with Gasteiger partial charge in [0.05, 0.1) is 5.03 Å². The second-order valence-electron chi connectivity index (χ2n) is 3.99. The molecule has 1 heterocycles. The molecule has 8 heteroatoms. The molecule has 0 fully saturated rings. The summed E-state index contributed by atoms with van der Waals surface area (Å²) in [5, 5.41) is 0.671. The number of hydrogen-bond acceptors (Lipinski definition) is 5. The molecule has 0 unspecified atom stereocenters. The van der Waals surface area contributed by atoms with Gasteiger partial charge in [0.15, 0.2) is 0 Å². The summed E-state index contributed by atoms with van der Waals surface area (Å²) in [5.74, 6) is 0.169. The summed E-state index contributed by atoms with van der Waals surface area (Å²) in [6, 6.07) is 3.18. The Labute approximate surface area is 123 Å². The fourth-order valence-corrected chi connectivity index (χ4v) is 3.78. The Balaban J connectivity index is 2.78. The summed E-state index contributed by atoms with van der Waals surface area (Å²) in [4.78, 5) is 14.9. The molecule has 1 aromatic rings. The van der Waals surface area contributed by atoms with Crippen molar-refractivity contribution in [2.45, 2.75) is 30.2 Å². The smallest absolute Gasteiger partial charge is 0.244 e. The van der Waals surface area contributed by atoms with Gasteiger partial charge in [0, 0.05) is 31.5 Å². The lowest BCUT2D eigenvalue weighted by Crippen LogP contribution is -2.30. The molecule has 0 atom stereocenters. The molecule has 1 rings (SSSR count). The zero-order valence-electron chi connectivity index (χ0n) is 11.6. The second-order valence-corrected chi connectivity index (χ2v) is 7.04. The maximum Gasteiger partial charge on any atom is 0.244 e. The molecule has 0 saturated carbocycles. The van der Waals surface area contributed by atoms with Crippen LogP contribution in [-0.2, 0) is 14.8 Å². The van der Waals surface area contributed by atoms with Crippen LogP contribution in [0.5, 0.6) is 0 Å². The third kappa shape index (κ3) is 4.46. The minimum atomic E-state index is -3.46. The van der Waals surface area contributed by atoms with E-state index >= 15 is 0 Å². The standard InChI is InChI=1S/C12H19N3O3S2/c1-3-15(4-2)20(17,18)10-5-6-12(14-9-10)19-8-7-11(13)16/h5-6,9H,3-4,7-8H2,1-2H3,(H2,13,16). The fraction of sp³-hybridized carbons (Fsp3) is 0.500. The van der Waals surface area contributed by atoms with Crippen molar-refractivity contribution in [3.8, 4) is 0 Å². The van der Waals surface area contributed by atoms with Crippen molar-refractivity contribution in [1.82, 2.24) is 9.29 Å². The van der Waals surface area contributed by atoms with Crippen LogP contribution in [0.3, 0.4) is 0 Å². The minimum Gasteiger partial charge on any atom is -0.370 e. The van der Waals surface area contributed by atoms with Crippen LogP contribution in [0.2, 0.25) is 0 Å². The number of carbonyl (C=O) groups excluding carboxylic acids is 1. The molecule has 0 bridgehead atoms. The first kappa shape index (κ1) is 16.9. The zero-order valence-corrected chi connectivity index (χ0v) is 13.2. The van der Waals surface area contributed by atoms with Gasteiger partial charge in [-0.15, -0.1) is 11.8 Å². The molecule has 20 heavy (non-hydrogen) atoms. The monoisotopic (exact) mass is 317 g/mol. The largest absolute Gasteiger partial charge is 0.370 e. The van der Waals surface area contributed by atoms with Crippen LogP contribution in [-0.4, -0.2) is 42.5 Å². The number of rotatable bonds is 8. The molecule has 0 saturated heterocycles. The van der Waals surface area contributed by atoms with E-state index in [9.17, 15) is 13.2 Å². The molecule has 0 aliphatic heterocycles. The van der Waals surface area contributed by atoms with Crippen molar-refractivity contribution >= 4 is 27.7 Å². The summed E-state index contributed by atoms with van der Waals surface area (Å²) in [7, 11) is -3.46. The molecule has 2 N–H and O–H groups in total. The molecule has 112 valence electrons. The van der Waals surface area contributed by atoms with Crippen LogP contribution in [0.25, 0.3) is 0 Å². The summed E-state index contributed by atoms with van der Waals surface area (Å²) in [6.07, 6.45) is 1.62. The van der Waals surface area contributed by atoms with Crippen LogP contribution in [0.4, 0.5) is 0 Å². The number of nitrogens with two attached hydrogens (primary N) is 1. The molecule has 0 aromatic carbocycles. The van der Waals surface area contributed by atoms with Gasteiger partial charge in [0.2, 0.25) is 15.9 Å². The first-order valence-corrected chi connectivity index (χ1v) is 8.71. The van der Waals surface area contributed by atoms with E-state index in [1.807, 2.05) is 0 Å². The number of carbonyl (C=O) groups is 1. The molecular formula is C12H19N3O3S2. The molecule has 6 nitrogen and oxygen atoms in total. The topological polar surface area (TPSA) is 93.4 Å². The van der Waals surface area contributed by atoms with Crippen LogP contribution >= 0.6 is 11.8 Å². The lowest BCUT2D eigenvalue weighted by atomic mass is 10.5. The van der Waals surface area contributed by atoms with Crippen LogP contribution < -0.4 is 5.73 Å². The van der Waals surface area contributed by atoms with Gasteiger partial charge in [-0.25, -0.2) is 13.4 Å². The lowest BCUT2D eigenvalue weighted by molar-refractivity contribution is -0.117. The number of hydrogen-bond donors (Lipinski definition) is 1. The van der Waals surface area contributed by atoms with Gasteiger partial charge in [0.1, 0.15) is 4.90 Å². The molecular weight excluding hydrogens is 298 g/mol. The highest BCUT2D eigenvalue weighted by Gasteiger charge is 2.21. The Morgan fingerprint density at radius 1 is 1.35 bits per heavy atom. The number of amides is 1. The van der Waals surface area contributed by atoms with E-state index in [2.05, 4.69) is 4.98 Å².